The number of anilines is 1. The average molecular weight is 266 g/mol. The maximum absolute atomic E-state index is 5.49. The summed E-state index contributed by atoms with van der Waals surface area (Å²) in [7, 11) is 2.04. The number of nitrogens with one attached hydrogen (secondary N) is 1. The second kappa shape index (κ2) is 6.70. The summed E-state index contributed by atoms with van der Waals surface area (Å²) in [5.74, 6) is 1.59. The van der Waals surface area contributed by atoms with E-state index in [-0.39, 0.29) is 5.54 Å². The minimum absolute atomic E-state index is 0.137. The molecule has 0 saturated heterocycles. The molecule has 0 amide bonds. The maximum atomic E-state index is 5.49. The highest BCUT2D eigenvalue weighted by Gasteiger charge is 2.13. The van der Waals surface area contributed by atoms with Crippen molar-refractivity contribution >= 4 is 5.82 Å². The highest BCUT2D eigenvalue weighted by molar-refractivity contribution is 5.49. The number of hydrogen-bond acceptors (Lipinski definition) is 5. The molecule has 1 heterocycles. The quantitative estimate of drug-likeness (QED) is 0.853. The lowest BCUT2D eigenvalue weighted by Crippen LogP contribution is -2.40. The van der Waals surface area contributed by atoms with Crippen molar-refractivity contribution < 1.29 is 4.74 Å². The molecule has 1 rings (SSSR count). The van der Waals surface area contributed by atoms with Crippen molar-refractivity contribution in [1.82, 2.24) is 15.3 Å². The zero-order valence-electron chi connectivity index (χ0n) is 12.9. The molecule has 1 aromatic rings. The third-order valence-corrected chi connectivity index (χ3v) is 2.76. The molecule has 5 nitrogen and oxygen atoms in total. The highest BCUT2D eigenvalue weighted by atomic mass is 16.5. The van der Waals surface area contributed by atoms with Crippen LogP contribution in [-0.2, 0) is 0 Å². The van der Waals surface area contributed by atoms with E-state index in [0.29, 0.717) is 12.5 Å². The van der Waals surface area contributed by atoms with Gasteiger partial charge in [-0.15, -0.1) is 0 Å². The molecule has 1 N–H and O–H groups in total. The van der Waals surface area contributed by atoms with E-state index < -0.39 is 0 Å². The first-order chi connectivity index (χ1) is 8.85. The van der Waals surface area contributed by atoms with Gasteiger partial charge in [-0.2, -0.15) is 0 Å². The van der Waals surface area contributed by atoms with E-state index in [9.17, 15) is 0 Å². The molecule has 0 aromatic carbocycles. The second-order valence-electron chi connectivity index (χ2n) is 5.66. The lowest BCUT2D eigenvalue weighted by molar-refractivity contribution is 0.323. The number of rotatable bonds is 6. The van der Waals surface area contributed by atoms with Crippen LogP contribution in [0.25, 0.3) is 0 Å². The Bertz CT molecular complexity index is 401. The molecule has 5 heteroatoms. The topological polar surface area (TPSA) is 50.3 Å². The Morgan fingerprint density at radius 2 is 2.00 bits per heavy atom. The van der Waals surface area contributed by atoms with Crippen molar-refractivity contribution in [1.29, 1.82) is 0 Å². The van der Waals surface area contributed by atoms with Crippen LogP contribution in [0.1, 0.15) is 33.3 Å². The molecule has 19 heavy (non-hydrogen) atoms. The highest BCUT2D eigenvalue weighted by Crippen LogP contribution is 2.22. The lowest BCUT2D eigenvalue weighted by Gasteiger charge is -2.25. The molecule has 0 unspecified atom stereocenters. The molecule has 108 valence electrons. The van der Waals surface area contributed by atoms with Crippen molar-refractivity contribution in [2.24, 2.45) is 0 Å². The third kappa shape index (κ3) is 5.03. The maximum Gasteiger partial charge on any atom is 0.221 e. The smallest absolute Gasteiger partial charge is 0.221 e. The molecule has 0 spiro atoms. The SMILES string of the molecule is CCOc1ncnc(N(C)CCNC(C)(C)C)c1C. The molecule has 0 radical (unpaired) electrons. The van der Waals surface area contributed by atoms with Gasteiger partial charge in [0.25, 0.3) is 0 Å². The zero-order chi connectivity index (χ0) is 14.5. The van der Waals surface area contributed by atoms with E-state index >= 15 is 0 Å². The van der Waals surface area contributed by atoms with Gasteiger partial charge in [-0.05, 0) is 34.6 Å². The van der Waals surface area contributed by atoms with Gasteiger partial charge < -0.3 is 15.0 Å². The Hall–Kier alpha value is -1.36. The van der Waals surface area contributed by atoms with Crippen LogP contribution in [-0.4, -0.2) is 42.3 Å². The molecular formula is C14H26N4O. The summed E-state index contributed by atoms with van der Waals surface area (Å²) in [6.07, 6.45) is 1.56. The third-order valence-electron chi connectivity index (χ3n) is 2.76. The van der Waals surface area contributed by atoms with Crippen LogP contribution < -0.4 is 15.0 Å². The first kappa shape index (κ1) is 15.7. The van der Waals surface area contributed by atoms with Crippen LogP contribution >= 0.6 is 0 Å². The van der Waals surface area contributed by atoms with Crippen LogP contribution in [0.3, 0.4) is 0 Å². The van der Waals surface area contributed by atoms with Crippen molar-refractivity contribution in [3.63, 3.8) is 0 Å². The summed E-state index contributed by atoms with van der Waals surface area (Å²) in [6, 6.07) is 0. The van der Waals surface area contributed by atoms with Crippen molar-refractivity contribution in [3.05, 3.63) is 11.9 Å². The first-order valence-corrected chi connectivity index (χ1v) is 6.75. The van der Waals surface area contributed by atoms with E-state index in [1.54, 1.807) is 6.33 Å². The van der Waals surface area contributed by atoms with E-state index in [4.69, 9.17) is 4.74 Å². The van der Waals surface area contributed by atoms with Crippen LogP contribution in [0.2, 0.25) is 0 Å². The lowest BCUT2D eigenvalue weighted by atomic mass is 10.1. The van der Waals surface area contributed by atoms with E-state index in [0.717, 1.165) is 24.5 Å². The summed E-state index contributed by atoms with van der Waals surface area (Å²) in [5, 5.41) is 3.47. The van der Waals surface area contributed by atoms with E-state index in [1.807, 2.05) is 20.9 Å². The molecule has 0 aliphatic rings. The fraction of sp³-hybridized carbons (Fsp3) is 0.714. The first-order valence-electron chi connectivity index (χ1n) is 6.75. The van der Waals surface area contributed by atoms with Gasteiger partial charge in [-0.1, -0.05) is 0 Å². The Balaban J connectivity index is 2.66. The zero-order valence-corrected chi connectivity index (χ0v) is 12.9. The molecule has 0 atom stereocenters. The van der Waals surface area contributed by atoms with Gasteiger partial charge in [-0.3, -0.25) is 0 Å². The largest absolute Gasteiger partial charge is 0.478 e. The Kier molecular flexibility index (Phi) is 5.54. The predicted octanol–water partition coefficient (Wildman–Crippen LogP) is 2.01. The summed E-state index contributed by atoms with van der Waals surface area (Å²) >= 11 is 0. The summed E-state index contributed by atoms with van der Waals surface area (Å²) in [5.41, 5.74) is 1.13. The number of aromatic nitrogens is 2. The monoisotopic (exact) mass is 266 g/mol. The van der Waals surface area contributed by atoms with Crippen LogP contribution in [0.15, 0.2) is 6.33 Å². The Morgan fingerprint density at radius 3 is 2.58 bits per heavy atom. The molecule has 0 aliphatic heterocycles. The van der Waals surface area contributed by atoms with Gasteiger partial charge in [0, 0.05) is 25.7 Å². The molecule has 0 fully saturated rings. The van der Waals surface area contributed by atoms with Gasteiger partial charge in [0.15, 0.2) is 0 Å². The van der Waals surface area contributed by atoms with E-state index in [2.05, 4.69) is 41.0 Å². The molecule has 0 saturated carbocycles. The predicted molar refractivity (Wildman–Crippen MR) is 79.0 cm³/mol. The molecule has 0 aliphatic carbocycles. The summed E-state index contributed by atoms with van der Waals surface area (Å²) in [4.78, 5) is 10.6. The normalized spacial score (nSPS) is 11.5. The van der Waals surface area contributed by atoms with Crippen LogP contribution in [0, 0.1) is 6.92 Å². The van der Waals surface area contributed by atoms with Crippen molar-refractivity contribution in [2.45, 2.75) is 40.2 Å². The average Bonchev–Trinajstić information content (AvgIpc) is 2.30. The Morgan fingerprint density at radius 1 is 1.32 bits per heavy atom. The van der Waals surface area contributed by atoms with Crippen LogP contribution in [0.5, 0.6) is 5.88 Å². The van der Waals surface area contributed by atoms with Gasteiger partial charge >= 0.3 is 0 Å². The number of ether oxygens (including phenoxy) is 1. The minimum atomic E-state index is 0.137. The van der Waals surface area contributed by atoms with E-state index in [1.165, 1.54) is 0 Å². The fourth-order valence-electron chi connectivity index (χ4n) is 1.80. The standard InChI is InChI=1S/C14H26N4O/c1-7-19-13-11(2)12(15-10-16-13)18(6)9-8-17-14(3,4)5/h10,17H,7-9H2,1-6H3. The molecular weight excluding hydrogens is 240 g/mol. The molecule has 0 bridgehead atoms. The van der Waals surface area contributed by atoms with Gasteiger partial charge in [0.05, 0.1) is 12.2 Å². The summed E-state index contributed by atoms with van der Waals surface area (Å²) < 4.78 is 5.49. The molecule has 1 aromatic heterocycles. The van der Waals surface area contributed by atoms with Gasteiger partial charge in [-0.25, -0.2) is 9.97 Å². The van der Waals surface area contributed by atoms with Gasteiger partial charge in [0.1, 0.15) is 12.1 Å². The number of nitrogens with zero attached hydrogens (tertiary/aromatic N) is 3. The number of hydrogen-bond donors (Lipinski definition) is 1. The Labute approximate surface area is 116 Å². The van der Waals surface area contributed by atoms with Crippen molar-refractivity contribution in [3.8, 4) is 5.88 Å². The van der Waals surface area contributed by atoms with Crippen LogP contribution in [0.4, 0.5) is 5.82 Å². The fourth-order valence-corrected chi connectivity index (χ4v) is 1.80. The summed E-state index contributed by atoms with van der Waals surface area (Å²) in [6.45, 7) is 12.9. The number of likely N-dealkylation sites (N-methyl/N-ethyl adjacent to an activating group) is 1. The van der Waals surface area contributed by atoms with Crippen molar-refractivity contribution in [2.75, 3.05) is 31.6 Å². The van der Waals surface area contributed by atoms with Gasteiger partial charge in [0.2, 0.25) is 5.88 Å². The minimum Gasteiger partial charge on any atom is -0.478 e. The second-order valence-corrected chi connectivity index (χ2v) is 5.66.